The molecule has 0 radical (unpaired) electrons. The van der Waals surface area contributed by atoms with E-state index in [1.807, 2.05) is 57.1 Å². The van der Waals surface area contributed by atoms with Gasteiger partial charge in [0.05, 0.1) is 12.2 Å². The summed E-state index contributed by atoms with van der Waals surface area (Å²) in [4.78, 5) is 13.8. The number of hydrogen-bond acceptors (Lipinski definition) is 2. The van der Waals surface area contributed by atoms with Gasteiger partial charge in [-0.05, 0) is 25.0 Å². The van der Waals surface area contributed by atoms with E-state index in [2.05, 4.69) is 17.2 Å². The molecule has 20 heavy (non-hydrogen) atoms. The second kappa shape index (κ2) is 8.27. The molecule has 0 bridgehead atoms. The van der Waals surface area contributed by atoms with Crippen LogP contribution < -0.4 is 10.2 Å². The van der Waals surface area contributed by atoms with Crippen LogP contribution in [0.5, 0.6) is 0 Å². The number of carbonyl (C=O) groups excluding carboxylic acids is 1. The zero-order valence-electron chi connectivity index (χ0n) is 12.9. The number of nitrogens with zero attached hydrogens (tertiary/aromatic N) is 1. The van der Waals surface area contributed by atoms with Crippen molar-refractivity contribution >= 4 is 11.6 Å². The zero-order chi connectivity index (χ0) is 15.0. The van der Waals surface area contributed by atoms with Crippen molar-refractivity contribution in [3.05, 3.63) is 29.8 Å². The molecule has 1 aromatic rings. The van der Waals surface area contributed by atoms with Crippen molar-refractivity contribution in [2.75, 3.05) is 25.5 Å². The Morgan fingerprint density at radius 2 is 1.90 bits per heavy atom. The molecule has 3 heteroatoms. The number of hydrogen-bond donors (Lipinski definition) is 1. The third-order valence-corrected chi connectivity index (χ3v) is 3.32. The predicted molar refractivity (Wildman–Crippen MR) is 84.7 cm³/mol. The molecule has 0 spiro atoms. The Morgan fingerprint density at radius 3 is 2.50 bits per heavy atom. The molecule has 0 unspecified atom stereocenters. The van der Waals surface area contributed by atoms with Gasteiger partial charge in [0.15, 0.2) is 0 Å². The summed E-state index contributed by atoms with van der Waals surface area (Å²) in [5.74, 6) is 6.35. The minimum absolute atomic E-state index is 0.102. The van der Waals surface area contributed by atoms with Crippen LogP contribution in [0.4, 0.5) is 5.69 Å². The van der Waals surface area contributed by atoms with E-state index in [-0.39, 0.29) is 11.8 Å². The topological polar surface area (TPSA) is 32.3 Å². The summed E-state index contributed by atoms with van der Waals surface area (Å²) < 4.78 is 0. The SMILES string of the molecule is CCC(CC)C(=O)NCC#Cc1ccccc1N(C)C. The average molecular weight is 272 g/mol. The number of benzene rings is 1. The van der Waals surface area contributed by atoms with Crippen LogP contribution in [0, 0.1) is 17.8 Å². The Balaban J connectivity index is 2.62. The zero-order valence-corrected chi connectivity index (χ0v) is 12.9. The van der Waals surface area contributed by atoms with Gasteiger partial charge >= 0.3 is 0 Å². The van der Waals surface area contributed by atoms with Crippen LogP contribution in [0.1, 0.15) is 32.3 Å². The van der Waals surface area contributed by atoms with Gasteiger partial charge in [0.25, 0.3) is 0 Å². The number of carbonyl (C=O) groups is 1. The standard InChI is InChI=1S/C17H24N2O/c1-5-14(6-2)17(20)18-13-9-11-15-10-7-8-12-16(15)19(3)4/h7-8,10,12,14H,5-6,13H2,1-4H3,(H,18,20). The van der Waals surface area contributed by atoms with Gasteiger partial charge < -0.3 is 10.2 Å². The van der Waals surface area contributed by atoms with Crippen LogP contribution in [0.3, 0.4) is 0 Å². The lowest BCUT2D eigenvalue weighted by Gasteiger charge is -2.14. The van der Waals surface area contributed by atoms with Crippen LogP contribution in [0.25, 0.3) is 0 Å². The fourth-order valence-corrected chi connectivity index (χ4v) is 2.04. The Hall–Kier alpha value is -1.95. The van der Waals surface area contributed by atoms with Crippen molar-refractivity contribution in [1.29, 1.82) is 0 Å². The summed E-state index contributed by atoms with van der Waals surface area (Å²) in [6.07, 6.45) is 1.75. The van der Waals surface area contributed by atoms with E-state index in [0.717, 1.165) is 24.1 Å². The molecule has 0 atom stereocenters. The van der Waals surface area contributed by atoms with E-state index in [9.17, 15) is 4.79 Å². The Morgan fingerprint density at radius 1 is 1.25 bits per heavy atom. The highest BCUT2D eigenvalue weighted by Gasteiger charge is 2.12. The van der Waals surface area contributed by atoms with Crippen LogP contribution in [0.15, 0.2) is 24.3 Å². The molecule has 0 aliphatic carbocycles. The monoisotopic (exact) mass is 272 g/mol. The first-order valence-corrected chi connectivity index (χ1v) is 7.13. The van der Waals surface area contributed by atoms with Gasteiger partial charge in [-0.2, -0.15) is 0 Å². The minimum Gasteiger partial charge on any atom is -0.377 e. The maximum atomic E-state index is 11.8. The molecular formula is C17H24N2O. The number of anilines is 1. The highest BCUT2D eigenvalue weighted by molar-refractivity contribution is 5.78. The second-order valence-electron chi connectivity index (χ2n) is 4.94. The lowest BCUT2D eigenvalue weighted by molar-refractivity contribution is -0.124. The van der Waals surface area contributed by atoms with Crippen molar-refractivity contribution in [2.24, 2.45) is 5.92 Å². The Labute approximate surface area is 122 Å². The van der Waals surface area contributed by atoms with Gasteiger partial charge in [-0.1, -0.05) is 37.8 Å². The summed E-state index contributed by atoms with van der Waals surface area (Å²) in [7, 11) is 3.99. The van der Waals surface area contributed by atoms with Crippen LogP contribution >= 0.6 is 0 Å². The number of para-hydroxylation sites is 1. The van der Waals surface area contributed by atoms with E-state index in [0.29, 0.717) is 6.54 Å². The summed E-state index contributed by atoms with van der Waals surface area (Å²) in [6.45, 7) is 4.47. The average Bonchev–Trinajstić information content (AvgIpc) is 2.45. The first kappa shape index (κ1) is 16.1. The van der Waals surface area contributed by atoms with Gasteiger partial charge in [0, 0.05) is 25.6 Å². The predicted octanol–water partition coefficient (Wildman–Crippen LogP) is 2.66. The maximum Gasteiger partial charge on any atom is 0.223 e. The van der Waals surface area contributed by atoms with Gasteiger partial charge in [-0.3, -0.25) is 4.79 Å². The third-order valence-electron chi connectivity index (χ3n) is 3.32. The largest absolute Gasteiger partial charge is 0.377 e. The highest BCUT2D eigenvalue weighted by atomic mass is 16.1. The molecule has 1 aromatic carbocycles. The molecule has 108 valence electrons. The van der Waals surface area contributed by atoms with Crippen molar-refractivity contribution in [2.45, 2.75) is 26.7 Å². The number of rotatable bonds is 5. The first-order valence-electron chi connectivity index (χ1n) is 7.13. The van der Waals surface area contributed by atoms with Crippen LogP contribution in [-0.4, -0.2) is 26.5 Å². The Kier molecular flexibility index (Phi) is 6.66. The quantitative estimate of drug-likeness (QED) is 0.836. The first-order chi connectivity index (χ1) is 9.60. The molecule has 0 aliphatic heterocycles. The van der Waals surface area contributed by atoms with Gasteiger partial charge in [-0.15, -0.1) is 0 Å². The fraction of sp³-hybridized carbons (Fsp3) is 0.471. The lowest BCUT2D eigenvalue weighted by Crippen LogP contribution is -2.30. The van der Waals surface area contributed by atoms with E-state index >= 15 is 0 Å². The summed E-state index contributed by atoms with van der Waals surface area (Å²) >= 11 is 0. The Bertz CT molecular complexity index is 493. The minimum atomic E-state index is 0.102. The summed E-state index contributed by atoms with van der Waals surface area (Å²) in [5, 5.41) is 2.88. The van der Waals surface area contributed by atoms with E-state index in [4.69, 9.17) is 0 Å². The van der Waals surface area contributed by atoms with E-state index in [1.54, 1.807) is 0 Å². The number of amides is 1. The highest BCUT2D eigenvalue weighted by Crippen LogP contribution is 2.16. The fourth-order valence-electron chi connectivity index (χ4n) is 2.04. The van der Waals surface area contributed by atoms with Gasteiger partial charge in [0.2, 0.25) is 5.91 Å². The molecule has 0 aliphatic rings. The van der Waals surface area contributed by atoms with Gasteiger partial charge in [-0.25, -0.2) is 0 Å². The van der Waals surface area contributed by atoms with Crippen molar-refractivity contribution in [3.63, 3.8) is 0 Å². The summed E-state index contributed by atoms with van der Waals surface area (Å²) in [5.41, 5.74) is 2.07. The smallest absolute Gasteiger partial charge is 0.223 e. The lowest BCUT2D eigenvalue weighted by atomic mass is 10.0. The molecule has 1 rings (SSSR count). The molecule has 0 aromatic heterocycles. The van der Waals surface area contributed by atoms with Crippen LogP contribution in [0.2, 0.25) is 0 Å². The molecule has 1 N–H and O–H groups in total. The molecule has 1 amide bonds. The maximum absolute atomic E-state index is 11.8. The second-order valence-corrected chi connectivity index (χ2v) is 4.94. The molecular weight excluding hydrogens is 248 g/mol. The van der Waals surface area contributed by atoms with Crippen molar-refractivity contribution < 1.29 is 4.79 Å². The van der Waals surface area contributed by atoms with Gasteiger partial charge in [0.1, 0.15) is 0 Å². The molecule has 0 heterocycles. The summed E-state index contributed by atoms with van der Waals surface area (Å²) in [6, 6.07) is 7.99. The normalized spacial score (nSPS) is 9.85. The van der Waals surface area contributed by atoms with E-state index in [1.165, 1.54) is 0 Å². The molecule has 0 saturated carbocycles. The molecule has 0 saturated heterocycles. The van der Waals surface area contributed by atoms with Crippen molar-refractivity contribution in [1.82, 2.24) is 5.32 Å². The van der Waals surface area contributed by atoms with E-state index < -0.39 is 0 Å². The van der Waals surface area contributed by atoms with Crippen LogP contribution in [-0.2, 0) is 4.79 Å². The molecule has 3 nitrogen and oxygen atoms in total. The number of nitrogens with one attached hydrogen (secondary N) is 1. The third kappa shape index (κ3) is 4.62. The molecule has 0 fully saturated rings. The van der Waals surface area contributed by atoms with Crippen molar-refractivity contribution in [3.8, 4) is 11.8 Å².